The largest absolute Gasteiger partial charge is 0.497 e. The molecule has 3 nitrogen and oxygen atoms in total. The smallest absolute Gasteiger partial charge is 0.123 e. The van der Waals surface area contributed by atoms with E-state index >= 15 is 0 Å². The molecule has 0 unspecified atom stereocenters. The molecule has 0 aliphatic rings. The topological polar surface area (TPSA) is 44.5 Å². The summed E-state index contributed by atoms with van der Waals surface area (Å²) < 4.78 is 11.3. The van der Waals surface area contributed by atoms with Gasteiger partial charge in [0.25, 0.3) is 0 Å². The van der Waals surface area contributed by atoms with E-state index in [9.17, 15) is 0 Å². The molecular weight excluding hydrogens is 262 g/mol. The van der Waals surface area contributed by atoms with Gasteiger partial charge in [0.1, 0.15) is 18.1 Å². The molecule has 0 bridgehead atoms. The highest BCUT2D eigenvalue weighted by atomic mass is 16.5. The Morgan fingerprint density at radius 2 is 1.81 bits per heavy atom. The van der Waals surface area contributed by atoms with Crippen LogP contribution in [0.5, 0.6) is 11.5 Å². The van der Waals surface area contributed by atoms with Gasteiger partial charge in [0.2, 0.25) is 0 Å². The van der Waals surface area contributed by atoms with Crippen molar-refractivity contribution in [3.05, 3.63) is 59.7 Å². The van der Waals surface area contributed by atoms with Crippen LogP contribution in [-0.4, -0.2) is 13.7 Å². The second kappa shape index (κ2) is 8.32. The summed E-state index contributed by atoms with van der Waals surface area (Å²) in [6, 6.07) is 16.2. The van der Waals surface area contributed by atoms with Gasteiger partial charge in [0.05, 0.1) is 7.11 Å². The summed E-state index contributed by atoms with van der Waals surface area (Å²) in [5, 5.41) is 0. The molecule has 0 saturated carbocycles. The van der Waals surface area contributed by atoms with Crippen LogP contribution in [0.2, 0.25) is 0 Å². The summed E-state index contributed by atoms with van der Waals surface area (Å²) in [7, 11) is 1.68. The van der Waals surface area contributed by atoms with Crippen molar-refractivity contribution >= 4 is 0 Å². The van der Waals surface area contributed by atoms with Crippen molar-refractivity contribution in [1.29, 1.82) is 0 Å². The van der Waals surface area contributed by atoms with Gasteiger partial charge >= 0.3 is 0 Å². The van der Waals surface area contributed by atoms with Gasteiger partial charge in [0, 0.05) is 0 Å². The molecule has 112 valence electrons. The van der Waals surface area contributed by atoms with Crippen molar-refractivity contribution in [2.24, 2.45) is 5.73 Å². The summed E-state index contributed by atoms with van der Waals surface area (Å²) in [6.45, 7) is 1.31. The lowest BCUT2D eigenvalue weighted by molar-refractivity contribution is 0.301. The molecule has 3 heteroatoms. The van der Waals surface area contributed by atoms with E-state index in [2.05, 4.69) is 18.2 Å². The van der Waals surface area contributed by atoms with Crippen molar-refractivity contribution in [1.82, 2.24) is 0 Å². The predicted octanol–water partition coefficient (Wildman–Crippen LogP) is 3.56. The average Bonchev–Trinajstić information content (AvgIpc) is 2.54. The molecule has 2 N–H and O–H groups in total. The molecule has 2 aromatic rings. The van der Waals surface area contributed by atoms with Crippen LogP contribution in [0.3, 0.4) is 0 Å². The van der Waals surface area contributed by atoms with Crippen molar-refractivity contribution in [2.75, 3.05) is 13.7 Å². The number of aryl methyl sites for hydroxylation is 1. The zero-order chi connectivity index (χ0) is 14.9. The van der Waals surface area contributed by atoms with Gasteiger partial charge in [-0.3, -0.25) is 0 Å². The van der Waals surface area contributed by atoms with E-state index in [4.69, 9.17) is 15.2 Å². The number of methoxy groups -OCH3 is 1. The van der Waals surface area contributed by atoms with Crippen LogP contribution in [0.4, 0.5) is 0 Å². The van der Waals surface area contributed by atoms with E-state index in [-0.39, 0.29) is 0 Å². The van der Waals surface area contributed by atoms with Gasteiger partial charge < -0.3 is 15.2 Å². The van der Waals surface area contributed by atoms with Crippen molar-refractivity contribution in [3.8, 4) is 11.5 Å². The van der Waals surface area contributed by atoms with Crippen LogP contribution >= 0.6 is 0 Å². The molecule has 0 atom stereocenters. The first-order valence-corrected chi connectivity index (χ1v) is 7.37. The quantitative estimate of drug-likeness (QED) is 0.754. The normalized spacial score (nSPS) is 10.4. The Hall–Kier alpha value is -2.00. The Labute approximate surface area is 126 Å². The van der Waals surface area contributed by atoms with E-state index in [1.807, 2.05) is 30.3 Å². The van der Waals surface area contributed by atoms with Crippen molar-refractivity contribution < 1.29 is 9.47 Å². The molecule has 2 rings (SSSR count). The predicted molar refractivity (Wildman–Crippen MR) is 85.8 cm³/mol. The Morgan fingerprint density at radius 3 is 2.52 bits per heavy atom. The molecule has 2 aromatic carbocycles. The number of benzene rings is 2. The first-order chi connectivity index (χ1) is 10.3. The number of nitrogens with two attached hydrogens (primary N) is 1. The van der Waals surface area contributed by atoms with Gasteiger partial charge in [-0.25, -0.2) is 0 Å². The first kappa shape index (κ1) is 15.4. The molecule has 0 saturated heterocycles. The van der Waals surface area contributed by atoms with Gasteiger partial charge in [-0.15, -0.1) is 0 Å². The molecule has 0 amide bonds. The van der Waals surface area contributed by atoms with Crippen LogP contribution in [0, 0.1) is 0 Å². The highest BCUT2D eigenvalue weighted by Gasteiger charge is 2.06. The van der Waals surface area contributed by atoms with E-state index in [1.165, 1.54) is 11.1 Å². The fraction of sp³-hybridized carbons (Fsp3) is 0.333. The Kier molecular flexibility index (Phi) is 6.10. The van der Waals surface area contributed by atoms with Crippen LogP contribution in [0.25, 0.3) is 0 Å². The van der Waals surface area contributed by atoms with Gasteiger partial charge in [0.15, 0.2) is 0 Å². The highest BCUT2D eigenvalue weighted by molar-refractivity contribution is 5.40. The third-order valence-corrected chi connectivity index (χ3v) is 3.41. The van der Waals surface area contributed by atoms with E-state index in [0.29, 0.717) is 6.61 Å². The summed E-state index contributed by atoms with van der Waals surface area (Å²) in [5.41, 5.74) is 7.91. The second-order valence-corrected chi connectivity index (χ2v) is 4.99. The lowest BCUT2D eigenvalue weighted by Gasteiger charge is -2.13. The van der Waals surface area contributed by atoms with E-state index < -0.39 is 0 Å². The van der Waals surface area contributed by atoms with Gasteiger partial charge in [-0.05, 0) is 55.1 Å². The Morgan fingerprint density at radius 1 is 1.00 bits per heavy atom. The number of rotatable bonds is 8. The number of ether oxygens (including phenoxy) is 2. The highest BCUT2D eigenvalue weighted by Crippen LogP contribution is 2.26. The van der Waals surface area contributed by atoms with Crippen LogP contribution in [0.1, 0.15) is 24.0 Å². The zero-order valence-electron chi connectivity index (χ0n) is 12.5. The molecule has 21 heavy (non-hydrogen) atoms. The molecule has 0 heterocycles. The molecule has 0 aromatic heterocycles. The minimum Gasteiger partial charge on any atom is -0.497 e. The van der Waals surface area contributed by atoms with Crippen LogP contribution < -0.4 is 15.2 Å². The molecule has 0 spiro atoms. The fourth-order valence-electron chi connectivity index (χ4n) is 2.21. The number of hydrogen-bond donors (Lipinski definition) is 1. The molecule has 0 aliphatic heterocycles. The molecule has 0 radical (unpaired) electrons. The fourth-order valence-corrected chi connectivity index (χ4v) is 2.21. The minimum atomic E-state index is 0.580. The lowest BCUT2D eigenvalue weighted by Crippen LogP contribution is -2.02. The molecule has 0 fully saturated rings. The minimum absolute atomic E-state index is 0.580. The number of hydrogen-bond acceptors (Lipinski definition) is 3. The SMILES string of the molecule is COc1ccc(OCc2ccccc2)c(CCCCN)c1. The van der Waals surface area contributed by atoms with Crippen LogP contribution in [0.15, 0.2) is 48.5 Å². The Bertz CT molecular complexity index is 540. The maximum Gasteiger partial charge on any atom is 0.123 e. The third kappa shape index (κ3) is 4.80. The summed E-state index contributed by atoms with van der Waals surface area (Å²) in [4.78, 5) is 0. The zero-order valence-corrected chi connectivity index (χ0v) is 12.5. The van der Waals surface area contributed by atoms with Crippen molar-refractivity contribution in [2.45, 2.75) is 25.9 Å². The molecule has 0 aliphatic carbocycles. The maximum absolute atomic E-state index is 5.97. The summed E-state index contributed by atoms with van der Waals surface area (Å²) in [6.07, 6.45) is 3.04. The third-order valence-electron chi connectivity index (χ3n) is 3.41. The maximum atomic E-state index is 5.97. The lowest BCUT2D eigenvalue weighted by atomic mass is 10.1. The number of unbranched alkanes of at least 4 members (excludes halogenated alkanes) is 1. The van der Waals surface area contributed by atoms with E-state index in [0.717, 1.165) is 37.3 Å². The molecular formula is C18H23NO2. The summed E-state index contributed by atoms with van der Waals surface area (Å²) >= 11 is 0. The van der Waals surface area contributed by atoms with Crippen molar-refractivity contribution in [3.63, 3.8) is 0 Å². The van der Waals surface area contributed by atoms with Gasteiger partial charge in [-0.2, -0.15) is 0 Å². The first-order valence-electron chi connectivity index (χ1n) is 7.37. The van der Waals surface area contributed by atoms with Crippen LogP contribution in [-0.2, 0) is 13.0 Å². The van der Waals surface area contributed by atoms with Gasteiger partial charge in [-0.1, -0.05) is 30.3 Å². The van der Waals surface area contributed by atoms with E-state index in [1.54, 1.807) is 7.11 Å². The summed E-state index contributed by atoms with van der Waals surface area (Å²) in [5.74, 6) is 1.79. The average molecular weight is 285 g/mol. The monoisotopic (exact) mass is 285 g/mol. The standard InChI is InChI=1S/C18H23NO2/c1-20-17-10-11-18(16(13-17)9-5-6-12-19)21-14-15-7-3-2-4-8-15/h2-4,7-8,10-11,13H,5-6,9,12,14,19H2,1H3. The Balaban J connectivity index is 2.05. The second-order valence-electron chi connectivity index (χ2n) is 4.99.